The molecule has 2 rings (SSSR count). The normalized spacial score (nSPS) is 19.2. The molecule has 1 heterocycles. The van der Waals surface area contributed by atoms with Crippen molar-refractivity contribution in [2.24, 2.45) is 4.99 Å². The fraction of sp³-hybridized carbons (Fsp3) is 0.667. The fourth-order valence-corrected chi connectivity index (χ4v) is 3.59. The Hall–Kier alpha value is -0.860. The van der Waals surface area contributed by atoms with Crippen molar-refractivity contribution in [3.8, 4) is 0 Å². The van der Waals surface area contributed by atoms with Gasteiger partial charge in [-0.25, -0.2) is 0 Å². The number of hydrogen-bond acceptors (Lipinski definition) is 3. The lowest BCUT2D eigenvalue weighted by Crippen LogP contribution is -2.41. The Morgan fingerprint density at radius 3 is 2.67 bits per heavy atom. The first-order valence-corrected chi connectivity index (χ1v) is 10.1. The van der Waals surface area contributed by atoms with Crippen LogP contribution in [0.4, 0.5) is 0 Å². The van der Waals surface area contributed by atoms with Gasteiger partial charge in [0.2, 0.25) is 0 Å². The Morgan fingerprint density at radius 2 is 2.00 bits per heavy atom. The summed E-state index contributed by atoms with van der Waals surface area (Å²) in [6, 6.07) is 10.9. The number of guanidine groups is 1. The molecule has 0 bridgehead atoms. The molecular formula is C21H37IN4O. The van der Waals surface area contributed by atoms with E-state index in [1.54, 1.807) is 7.05 Å². The van der Waals surface area contributed by atoms with Crippen molar-refractivity contribution in [2.75, 3.05) is 39.8 Å². The highest BCUT2D eigenvalue weighted by Crippen LogP contribution is 2.16. The van der Waals surface area contributed by atoms with Crippen LogP contribution in [0.25, 0.3) is 0 Å². The second-order valence-electron chi connectivity index (χ2n) is 7.26. The molecule has 0 saturated carbocycles. The van der Waals surface area contributed by atoms with Crippen LogP contribution >= 0.6 is 24.0 Å². The smallest absolute Gasteiger partial charge is 0.190 e. The summed E-state index contributed by atoms with van der Waals surface area (Å²) < 4.78 is 0. The van der Waals surface area contributed by atoms with Gasteiger partial charge in [-0.15, -0.1) is 24.0 Å². The highest BCUT2D eigenvalue weighted by molar-refractivity contribution is 14.0. The van der Waals surface area contributed by atoms with E-state index < -0.39 is 0 Å². The quantitative estimate of drug-likeness (QED) is 0.216. The zero-order valence-electron chi connectivity index (χ0n) is 16.9. The number of nitrogens with one attached hydrogen (secondary N) is 2. The van der Waals surface area contributed by atoms with Crippen LogP contribution in [0.1, 0.15) is 50.5 Å². The van der Waals surface area contributed by atoms with Gasteiger partial charge >= 0.3 is 0 Å². The molecule has 5 nitrogen and oxygen atoms in total. The van der Waals surface area contributed by atoms with Crippen molar-refractivity contribution in [3.05, 3.63) is 35.9 Å². The second-order valence-corrected chi connectivity index (χ2v) is 7.26. The molecule has 2 atom stereocenters. The maximum absolute atomic E-state index is 9.65. The Labute approximate surface area is 182 Å². The van der Waals surface area contributed by atoms with Gasteiger partial charge in [-0.05, 0) is 51.3 Å². The lowest BCUT2D eigenvalue weighted by molar-refractivity contribution is 0.158. The molecule has 1 aliphatic rings. The van der Waals surface area contributed by atoms with E-state index in [1.165, 1.54) is 38.8 Å². The van der Waals surface area contributed by atoms with Crippen LogP contribution < -0.4 is 10.6 Å². The number of aliphatic hydroxyl groups is 1. The molecule has 2 unspecified atom stereocenters. The first-order chi connectivity index (χ1) is 12.7. The van der Waals surface area contributed by atoms with E-state index in [0.29, 0.717) is 6.54 Å². The molecule has 1 fully saturated rings. The molecule has 0 spiro atoms. The van der Waals surface area contributed by atoms with Crippen LogP contribution in [-0.4, -0.2) is 61.8 Å². The number of likely N-dealkylation sites (tertiary alicyclic amines) is 1. The van der Waals surface area contributed by atoms with Crippen LogP contribution in [0.15, 0.2) is 35.3 Å². The predicted octanol–water partition coefficient (Wildman–Crippen LogP) is 3.20. The maximum Gasteiger partial charge on any atom is 0.190 e. The van der Waals surface area contributed by atoms with Crippen molar-refractivity contribution in [2.45, 2.75) is 51.0 Å². The minimum atomic E-state index is 0. The fourth-order valence-electron chi connectivity index (χ4n) is 3.59. The van der Waals surface area contributed by atoms with E-state index in [4.69, 9.17) is 0 Å². The number of piperidine rings is 1. The van der Waals surface area contributed by atoms with Crippen LogP contribution in [0.5, 0.6) is 0 Å². The van der Waals surface area contributed by atoms with Crippen LogP contribution in [-0.2, 0) is 0 Å². The van der Waals surface area contributed by atoms with E-state index >= 15 is 0 Å². The molecule has 1 aromatic carbocycles. The van der Waals surface area contributed by atoms with Crippen molar-refractivity contribution < 1.29 is 5.11 Å². The number of rotatable bonds is 9. The van der Waals surface area contributed by atoms with Crippen molar-refractivity contribution in [1.29, 1.82) is 0 Å². The Kier molecular flexibility index (Phi) is 12.7. The van der Waals surface area contributed by atoms with Crippen LogP contribution in [0.2, 0.25) is 0 Å². The van der Waals surface area contributed by atoms with E-state index in [0.717, 1.165) is 30.5 Å². The molecule has 154 valence electrons. The van der Waals surface area contributed by atoms with Gasteiger partial charge in [0.15, 0.2) is 5.96 Å². The number of aliphatic hydroxyl groups excluding tert-OH is 1. The van der Waals surface area contributed by atoms with Gasteiger partial charge in [-0.3, -0.25) is 4.99 Å². The summed E-state index contributed by atoms with van der Waals surface area (Å²) >= 11 is 0. The van der Waals surface area contributed by atoms with Gasteiger partial charge in [-0.2, -0.15) is 0 Å². The number of aliphatic imine (C=N–C) groups is 1. The monoisotopic (exact) mass is 488 g/mol. The molecule has 3 N–H and O–H groups in total. The van der Waals surface area contributed by atoms with Gasteiger partial charge < -0.3 is 20.6 Å². The summed E-state index contributed by atoms with van der Waals surface area (Å²) in [5.74, 6) is 0.890. The lowest BCUT2D eigenvalue weighted by atomic mass is 10.0. The third-order valence-corrected chi connectivity index (χ3v) is 5.34. The van der Waals surface area contributed by atoms with Crippen molar-refractivity contribution in [3.63, 3.8) is 0 Å². The first-order valence-electron chi connectivity index (χ1n) is 10.1. The molecule has 1 aromatic rings. The molecule has 27 heavy (non-hydrogen) atoms. The Bertz CT molecular complexity index is 526. The minimum Gasteiger partial charge on any atom is -0.396 e. The largest absolute Gasteiger partial charge is 0.396 e. The highest BCUT2D eigenvalue weighted by Gasteiger charge is 2.17. The second kappa shape index (κ2) is 14.2. The SMILES string of the molecule is CN=C(NCCCCN1CCCCC1C)NCC(CO)c1ccccc1.I. The summed E-state index contributed by atoms with van der Waals surface area (Å²) in [4.78, 5) is 6.92. The van der Waals surface area contributed by atoms with E-state index in [-0.39, 0.29) is 36.5 Å². The van der Waals surface area contributed by atoms with E-state index in [9.17, 15) is 5.11 Å². The van der Waals surface area contributed by atoms with E-state index in [1.807, 2.05) is 18.2 Å². The topological polar surface area (TPSA) is 59.9 Å². The average Bonchev–Trinajstić information content (AvgIpc) is 2.68. The zero-order chi connectivity index (χ0) is 18.6. The molecule has 6 heteroatoms. The van der Waals surface area contributed by atoms with Gasteiger partial charge in [0.1, 0.15) is 0 Å². The number of hydrogen-bond donors (Lipinski definition) is 3. The van der Waals surface area contributed by atoms with Gasteiger partial charge in [0.25, 0.3) is 0 Å². The van der Waals surface area contributed by atoms with Crippen LogP contribution in [0.3, 0.4) is 0 Å². The summed E-state index contributed by atoms with van der Waals surface area (Å²) in [6.07, 6.45) is 6.46. The third-order valence-electron chi connectivity index (χ3n) is 5.34. The number of unbranched alkanes of at least 4 members (excludes halogenated alkanes) is 1. The van der Waals surface area contributed by atoms with Gasteiger partial charge in [-0.1, -0.05) is 36.8 Å². The molecule has 0 radical (unpaired) electrons. The van der Waals surface area contributed by atoms with Crippen molar-refractivity contribution >= 4 is 29.9 Å². The molecule has 1 saturated heterocycles. The number of benzene rings is 1. The minimum absolute atomic E-state index is 0. The molecular weight excluding hydrogens is 451 g/mol. The maximum atomic E-state index is 9.65. The standard InChI is InChI=1S/C21H36N4O.HI/c1-18-10-6-8-14-25(18)15-9-7-13-23-21(22-2)24-16-20(17-26)19-11-4-3-5-12-19;/h3-5,11-12,18,20,26H,6-10,13-17H2,1-2H3,(H2,22,23,24);1H. The third kappa shape index (κ3) is 8.79. The Balaban J connectivity index is 0.00000364. The number of halogens is 1. The van der Waals surface area contributed by atoms with Gasteiger partial charge in [0.05, 0.1) is 6.61 Å². The summed E-state index contributed by atoms with van der Waals surface area (Å²) in [6.45, 7) is 6.55. The van der Waals surface area contributed by atoms with Crippen molar-refractivity contribution in [1.82, 2.24) is 15.5 Å². The lowest BCUT2D eigenvalue weighted by Gasteiger charge is -2.33. The molecule has 0 aliphatic carbocycles. The predicted molar refractivity (Wildman–Crippen MR) is 125 cm³/mol. The average molecular weight is 488 g/mol. The molecule has 0 amide bonds. The summed E-state index contributed by atoms with van der Waals surface area (Å²) in [5, 5.41) is 16.4. The highest BCUT2D eigenvalue weighted by atomic mass is 127. The summed E-state index contributed by atoms with van der Waals surface area (Å²) in [7, 11) is 1.79. The Morgan fingerprint density at radius 1 is 1.22 bits per heavy atom. The number of nitrogens with zero attached hydrogens (tertiary/aromatic N) is 2. The van der Waals surface area contributed by atoms with E-state index in [2.05, 4.69) is 39.6 Å². The molecule has 0 aromatic heterocycles. The molecule has 1 aliphatic heterocycles. The zero-order valence-corrected chi connectivity index (χ0v) is 19.2. The van der Waals surface area contributed by atoms with Gasteiger partial charge in [0, 0.05) is 32.1 Å². The van der Waals surface area contributed by atoms with Crippen LogP contribution in [0, 0.1) is 0 Å². The first kappa shape index (κ1) is 24.2. The summed E-state index contributed by atoms with van der Waals surface area (Å²) in [5.41, 5.74) is 1.15.